The van der Waals surface area contributed by atoms with Crippen molar-refractivity contribution in [1.82, 2.24) is 20.3 Å². The van der Waals surface area contributed by atoms with Crippen molar-refractivity contribution in [3.05, 3.63) is 40.0 Å². The molecule has 0 saturated carbocycles. The summed E-state index contributed by atoms with van der Waals surface area (Å²) >= 11 is 2.93. The Morgan fingerprint density at radius 2 is 2.20 bits per heavy atom. The minimum absolute atomic E-state index is 0.0950. The van der Waals surface area contributed by atoms with Gasteiger partial charge < -0.3 is 10.1 Å². The number of fused-ring (bicyclic) bond motifs is 1. The van der Waals surface area contributed by atoms with Crippen molar-refractivity contribution >= 4 is 39.9 Å². The third-order valence-corrected chi connectivity index (χ3v) is 5.58. The number of ether oxygens (including phenoxy) is 1. The van der Waals surface area contributed by atoms with E-state index in [-0.39, 0.29) is 5.78 Å². The highest BCUT2D eigenvalue weighted by atomic mass is 32.2. The maximum Gasteiger partial charge on any atom is 0.183 e. The number of pyridine rings is 1. The van der Waals surface area contributed by atoms with Crippen LogP contribution in [0.1, 0.15) is 20.4 Å². The molecule has 8 heteroatoms. The molecule has 0 radical (unpaired) electrons. The summed E-state index contributed by atoms with van der Waals surface area (Å²) in [4.78, 5) is 27.5. The number of nitrogens with zero attached hydrogens (tertiary/aromatic N) is 3. The lowest BCUT2D eigenvalue weighted by molar-refractivity contribution is 0.102. The fourth-order valence-corrected chi connectivity index (χ4v) is 4.27. The van der Waals surface area contributed by atoms with E-state index >= 15 is 0 Å². The van der Waals surface area contributed by atoms with E-state index in [2.05, 4.69) is 20.3 Å². The summed E-state index contributed by atoms with van der Waals surface area (Å²) in [6, 6.07) is 5.72. The Morgan fingerprint density at radius 1 is 1.36 bits per heavy atom. The number of aromatic nitrogens is 3. The zero-order chi connectivity index (χ0) is 17.8. The number of thioether (sulfide) groups is 1. The molecule has 0 aliphatic rings. The van der Waals surface area contributed by atoms with Crippen molar-refractivity contribution in [2.45, 2.75) is 18.5 Å². The number of Topliss-reactive ketones (excluding diaryl/α,β-unsaturated/α-hetero) is 1. The molecule has 0 amide bonds. The number of thiophene rings is 1. The maximum atomic E-state index is 12.5. The van der Waals surface area contributed by atoms with E-state index in [0.717, 1.165) is 26.7 Å². The minimum Gasteiger partial charge on any atom is -0.495 e. The van der Waals surface area contributed by atoms with Crippen LogP contribution in [0.25, 0.3) is 11.0 Å². The highest BCUT2D eigenvalue weighted by Crippen LogP contribution is 2.28. The lowest BCUT2D eigenvalue weighted by Crippen LogP contribution is -2.03. The predicted octanol–water partition coefficient (Wildman–Crippen LogP) is 3.10. The van der Waals surface area contributed by atoms with Crippen LogP contribution in [-0.4, -0.2) is 40.6 Å². The Bertz CT molecular complexity index is 911. The van der Waals surface area contributed by atoms with E-state index in [4.69, 9.17) is 4.74 Å². The second-order valence-electron chi connectivity index (χ2n) is 5.33. The average molecular weight is 374 g/mol. The summed E-state index contributed by atoms with van der Waals surface area (Å²) in [7, 11) is 3.48. The predicted molar refractivity (Wildman–Crippen MR) is 101 cm³/mol. The molecule has 3 aromatic rings. The molecule has 0 saturated heterocycles. The number of nitrogens with one attached hydrogen (secondary N) is 1. The fourth-order valence-electron chi connectivity index (χ4n) is 2.29. The van der Waals surface area contributed by atoms with Crippen molar-refractivity contribution in [3.8, 4) is 5.75 Å². The molecule has 0 unspecified atom stereocenters. The van der Waals surface area contributed by atoms with E-state index in [0.29, 0.717) is 23.0 Å². The quantitative estimate of drug-likeness (QED) is 0.387. The van der Waals surface area contributed by atoms with Gasteiger partial charge in [-0.25, -0.2) is 15.0 Å². The molecule has 0 spiro atoms. The van der Waals surface area contributed by atoms with Crippen LogP contribution in [0.15, 0.2) is 29.4 Å². The Labute approximate surface area is 154 Å². The molecule has 3 aromatic heterocycles. The number of carbonyl (C=O) groups excluding carboxylic acids is 1. The van der Waals surface area contributed by atoms with E-state index in [1.807, 2.05) is 32.2 Å². The number of hydrogen-bond donors (Lipinski definition) is 1. The van der Waals surface area contributed by atoms with E-state index in [9.17, 15) is 4.79 Å². The van der Waals surface area contributed by atoms with Gasteiger partial charge in [-0.05, 0) is 32.2 Å². The summed E-state index contributed by atoms with van der Waals surface area (Å²) in [5.74, 6) is 1.69. The molecule has 130 valence electrons. The minimum atomic E-state index is 0.0950. The first kappa shape index (κ1) is 17.8. The van der Waals surface area contributed by atoms with Gasteiger partial charge >= 0.3 is 0 Å². The van der Waals surface area contributed by atoms with Gasteiger partial charge in [-0.1, -0.05) is 11.8 Å². The topological polar surface area (TPSA) is 77.0 Å². The molecular weight excluding hydrogens is 356 g/mol. The summed E-state index contributed by atoms with van der Waals surface area (Å²) < 4.78 is 5.23. The molecule has 0 atom stereocenters. The summed E-state index contributed by atoms with van der Waals surface area (Å²) in [5, 5.41) is 4.63. The van der Waals surface area contributed by atoms with Gasteiger partial charge in [0.25, 0.3) is 0 Å². The third-order valence-electron chi connectivity index (χ3n) is 3.47. The Hall–Kier alpha value is -2.03. The van der Waals surface area contributed by atoms with E-state index < -0.39 is 0 Å². The van der Waals surface area contributed by atoms with Gasteiger partial charge in [-0.15, -0.1) is 11.3 Å². The second kappa shape index (κ2) is 7.90. The van der Waals surface area contributed by atoms with Crippen LogP contribution in [0.5, 0.6) is 5.75 Å². The maximum absolute atomic E-state index is 12.5. The normalized spacial score (nSPS) is 11.0. The van der Waals surface area contributed by atoms with Crippen LogP contribution in [0.4, 0.5) is 0 Å². The lowest BCUT2D eigenvalue weighted by Gasteiger charge is -2.07. The molecule has 25 heavy (non-hydrogen) atoms. The van der Waals surface area contributed by atoms with Gasteiger partial charge in [-0.2, -0.15) is 0 Å². The highest BCUT2D eigenvalue weighted by molar-refractivity contribution is 8.00. The Balaban J connectivity index is 1.80. The van der Waals surface area contributed by atoms with Crippen molar-refractivity contribution in [2.75, 3.05) is 19.9 Å². The first-order chi connectivity index (χ1) is 12.1. The number of ketones is 1. The first-order valence-electron chi connectivity index (χ1n) is 7.68. The summed E-state index contributed by atoms with van der Waals surface area (Å²) in [5.41, 5.74) is 0.607. The van der Waals surface area contributed by atoms with Crippen LogP contribution < -0.4 is 10.1 Å². The highest BCUT2D eigenvalue weighted by Gasteiger charge is 2.14. The molecule has 1 N–H and O–H groups in total. The molecule has 3 heterocycles. The van der Waals surface area contributed by atoms with Crippen molar-refractivity contribution < 1.29 is 9.53 Å². The average Bonchev–Trinajstić information content (AvgIpc) is 3.08. The third kappa shape index (κ3) is 4.15. The van der Waals surface area contributed by atoms with E-state index in [1.54, 1.807) is 13.3 Å². The van der Waals surface area contributed by atoms with Gasteiger partial charge in [0.15, 0.2) is 11.4 Å². The fraction of sp³-hybridized carbons (Fsp3) is 0.294. The largest absolute Gasteiger partial charge is 0.495 e. The summed E-state index contributed by atoms with van der Waals surface area (Å²) in [6.07, 6.45) is 1.63. The van der Waals surface area contributed by atoms with Crippen LogP contribution in [0, 0.1) is 6.92 Å². The Morgan fingerprint density at radius 3 is 2.96 bits per heavy atom. The van der Waals surface area contributed by atoms with Crippen molar-refractivity contribution in [1.29, 1.82) is 0 Å². The van der Waals surface area contributed by atoms with Crippen molar-refractivity contribution in [3.63, 3.8) is 0 Å². The van der Waals surface area contributed by atoms with Crippen LogP contribution >= 0.6 is 23.1 Å². The molecule has 6 nitrogen and oxygen atoms in total. The van der Waals surface area contributed by atoms with Crippen LogP contribution in [0.2, 0.25) is 0 Å². The number of rotatable bonds is 7. The number of aryl methyl sites for hydroxylation is 1. The van der Waals surface area contributed by atoms with E-state index in [1.165, 1.54) is 23.1 Å². The molecule has 0 bridgehead atoms. The molecule has 3 rings (SSSR count). The molecule has 0 aliphatic heterocycles. The van der Waals surface area contributed by atoms with Gasteiger partial charge in [-0.3, -0.25) is 4.79 Å². The zero-order valence-corrected chi connectivity index (χ0v) is 15.8. The SMILES string of the molecule is CNCc1ccc(C(=O)CSc2nc(C)nc3ncc(OC)cc23)s1. The second-order valence-corrected chi connectivity index (χ2v) is 7.46. The zero-order valence-electron chi connectivity index (χ0n) is 14.2. The van der Waals surface area contributed by atoms with Gasteiger partial charge in [0.2, 0.25) is 0 Å². The molecular formula is C17H18N4O2S2. The number of hydrogen-bond acceptors (Lipinski definition) is 8. The van der Waals surface area contributed by atoms with Gasteiger partial charge in [0.1, 0.15) is 16.6 Å². The van der Waals surface area contributed by atoms with Crippen LogP contribution in [0.3, 0.4) is 0 Å². The summed E-state index contributed by atoms with van der Waals surface area (Å²) in [6.45, 7) is 2.59. The molecule has 0 fully saturated rings. The Kier molecular flexibility index (Phi) is 5.62. The standard InChI is InChI=1S/C17H18N4O2S2/c1-10-20-16-13(6-11(23-3)7-19-16)17(21-10)24-9-14(22)15-5-4-12(25-15)8-18-2/h4-7,18H,8-9H2,1-3H3. The molecule has 0 aliphatic carbocycles. The lowest BCUT2D eigenvalue weighted by atomic mass is 10.3. The smallest absolute Gasteiger partial charge is 0.183 e. The van der Waals surface area contributed by atoms with Gasteiger partial charge in [0.05, 0.1) is 29.3 Å². The van der Waals surface area contributed by atoms with Crippen LogP contribution in [-0.2, 0) is 6.54 Å². The van der Waals surface area contributed by atoms with Gasteiger partial charge in [0, 0.05) is 11.4 Å². The first-order valence-corrected chi connectivity index (χ1v) is 9.48. The molecule has 0 aromatic carbocycles. The number of carbonyl (C=O) groups is 1. The van der Waals surface area contributed by atoms with Crippen molar-refractivity contribution in [2.24, 2.45) is 0 Å². The number of methoxy groups -OCH3 is 1. The monoisotopic (exact) mass is 374 g/mol.